The maximum absolute atomic E-state index is 10.1. The van der Waals surface area contributed by atoms with E-state index in [1.54, 1.807) is 0 Å². The molecule has 0 saturated heterocycles. The van der Waals surface area contributed by atoms with Crippen molar-refractivity contribution in [2.75, 3.05) is 0 Å². The van der Waals surface area contributed by atoms with E-state index < -0.39 is 10.9 Å². The molecule has 1 aromatic rings. The van der Waals surface area contributed by atoms with Crippen molar-refractivity contribution in [3.05, 3.63) is 14.8 Å². The topological polar surface area (TPSA) is 73.8 Å². The van der Waals surface area contributed by atoms with Crippen molar-refractivity contribution in [1.82, 2.24) is 14.8 Å². The molecule has 0 aliphatic heterocycles. The van der Waals surface area contributed by atoms with Gasteiger partial charge in [0.05, 0.1) is 0 Å². The SMILES string of the molecule is O=[N+]([O-])c1nc(Br)n(CCl)n1. The predicted molar refractivity (Wildman–Crippen MR) is 40.2 cm³/mol. The van der Waals surface area contributed by atoms with Gasteiger partial charge in [0.2, 0.25) is 0 Å². The third-order valence-electron chi connectivity index (χ3n) is 0.892. The van der Waals surface area contributed by atoms with Crippen LogP contribution in [0.1, 0.15) is 0 Å². The first-order chi connectivity index (χ1) is 5.15. The van der Waals surface area contributed by atoms with Crippen LogP contribution in [-0.2, 0) is 6.00 Å². The van der Waals surface area contributed by atoms with Gasteiger partial charge in [0.15, 0.2) is 0 Å². The normalized spacial score (nSPS) is 10.0. The zero-order chi connectivity index (χ0) is 8.43. The van der Waals surface area contributed by atoms with E-state index in [0.29, 0.717) is 0 Å². The van der Waals surface area contributed by atoms with E-state index in [2.05, 4.69) is 26.0 Å². The van der Waals surface area contributed by atoms with Crippen LogP contribution in [0.3, 0.4) is 0 Å². The molecule has 60 valence electrons. The van der Waals surface area contributed by atoms with Crippen LogP contribution >= 0.6 is 27.5 Å². The van der Waals surface area contributed by atoms with Crippen molar-refractivity contribution >= 4 is 33.5 Å². The molecule has 0 bridgehead atoms. The van der Waals surface area contributed by atoms with Gasteiger partial charge in [-0.05, 0) is 9.91 Å². The van der Waals surface area contributed by atoms with Gasteiger partial charge < -0.3 is 10.1 Å². The third kappa shape index (κ3) is 1.66. The quantitative estimate of drug-likeness (QED) is 0.442. The highest BCUT2D eigenvalue weighted by molar-refractivity contribution is 9.10. The Balaban J connectivity index is 3.05. The van der Waals surface area contributed by atoms with E-state index in [9.17, 15) is 10.1 Å². The first-order valence-electron chi connectivity index (χ1n) is 2.46. The molecule has 11 heavy (non-hydrogen) atoms. The van der Waals surface area contributed by atoms with E-state index in [4.69, 9.17) is 11.6 Å². The summed E-state index contributed by atoms with van der Waals surface area (Å²) in [5, 5.41) is 13.5. The number of nitrogens with zero attached hydrogens (tertiary/aromatic N) is 4. The lowest BCUT2D eigenvalue weighted by molar-refractivity contribution is -0.394. The average Bonchev–Trinajstić information content (AvgIpc) is 2.31. The number of rotatable bonds is 2. The van der Waals surface area contributed by atoms with Crippen molar-refractivity contribution in [1.29, 1.82) is 0 Å². The molecule has 0 saturated carbocycles. The second-order valence-corrected chi connectivity index (χ2v) is 2.51. The van der Waals surface area contributed by atoms with Gasteiger partial charge >= 0.3 is 5.95 Å². The standard InChI is InChI=1S/C3H2BrClN4O2/c4-2-6-3(9(10)11)7-8(2)1-5/h1H2. The van der Waals surface area contributed by atoms with Gasteiger partial charge in [-0.25, -0.2) is 0 Å². The Morgan fingerprint density at radius 2 is 2.45 bits per heavy atom. The highest BCUT2D eigenvalue weighted by atomic mass is 79.9. The Kier molecular flexibility index (Phi) is 2.40. The number of aromatic nitrogens is 3. The van der Waals surface area contributed by atoms with Crippen LogP contribution in [0.2, 0.25) is 0 Å². The highest BCUT2D eigenvalue weighted by Crippen LogP contribution is 2.11. The van der Waals surface area contributed by atoms with Crippen LogP contribution in [0, 0.1) is 10.1 Å². The summed E-state index contributed by atoms with van der Waals surface area (Å²) in [6.45, 7) is 0. The summed E-state index contributed by atoms with van der Waals surface area (Å²) in [6, 6.07) is 0.0292. The molecule has 1 heterocycles. The Bertz CT molecular complexity index is 287. The van der Waals surface area contributed by atoms with Gasteiger partial charge in [0.25, 0.3) is 4.73 Å². The molecule has 0 aromatic carbocycles. The fourth-order valence-electron chi connectivity index (χ4n) is 0.465. The van der Waals surface area contributed by atoms with Gasteiger partial charge in [-0.3, -0.25) is 0 Å². The number of nitro groups is 1. The molecule has 1 rings (SSSR count). The van der Waals surface area contributed by atoms with Crippen LogP contribution in [-0.4, -0.2) is 19.7 Å². The monoisotopic (exact) mass is 240 g/mol. The minimum Gasteiger partial charge on any atom is -0.390 e. The summed E-state index contributed by atoms with van der Waals surface area (Å²) in [5.41, 5.74) is 0. The molecule has 1 aromatic heterocycles. The van der Waals surface area contributed by atoms with Crippen LogP contribution in [0.5, 0.6) is 0 Å². The predicted octanol–water partition coefficient (Wildman–Crippen LogP) is 1.15. The van der Waals surface area contributed by atoms with E-state index in [1.807, 2.05) is 0 Å². The molecule has 8 heteroatoms. The molecule has 0 spiro atoms. The minimum absolute atomic E-state index is 0.0292. The average molecular weight is 241 g/mol. The van der Waals surface area contributed by atoms with E-state index in [-0.39, 0.29) is 10.7 Å². The molecule has 0 atom stereocenters. The summed E-state index contributed by atoms with van der Waals surface area (Å²) in [6.07, 6.45) is 0. The van der Waals surface area contributed by atoms with Gasteiger partial charge in [-0.2, -0.15) is 0 Å². The van der Waals surface area contributed by atoms with Crippen molar-refractivity contribution in [3.8, 4) is 0 Å². The van der Waals surface area contributed by atoms with Crippen molar-refractivity contribution in [3.63, 3.8) is 0 Å². The van der Waals surface area contributed by atoms with Crippen LogP contribution in [0.15, 0.2) is 4.73 Å². The zero-order valence-electron chi connectivity index (χ0n) is 5.07. The summed E-state index contributed by atoms with van der Waals surface area (Å²) >= 11 is 8.30. The third-order valence-corrected chi connectivity index (χ3v) is 1.71. The van der Waals surface area contributed by atoms with Crippen molar-refractivity contribution < 1.29 is 4.92 Å². The zero-order valence-corrected chi connectivity index (χ0v) is 7.41. The molecule has 0 aliphatic rings. The summed E-state index contributed by atoms with van der Waals surface area (Å²) in [7, 11) is 0. The lowest BCUT2D eigenvalue weighted by Crippen LogP contribution is -1.95. The molecule has 0 unspecified atom stereocenters. The Morgan fingerprint density at radius 1 is 1.82 bits per heavy atom. The molecular formula is C3H2BrClN4O2. The lowest BCUT2D eigenvalue weighted by atomic mass is 11.1. The molecule has 0 aliphatic carbocycles. The Morgan fingerprint density at radius 3 is 2.73 bits per heavy atom. The molecule has 6 nitrogen and oxygen atoms in total. The number of halogens is 2. The second-order valence-electron chi connectivity index (χ2n) is 1.56. The molecule has 0 N–H and O–H groups in total. The fraction of sp³-hybridized carbons (Fsp3) is 0.333. The van der Waals surface area contributed by atoms with Crippen LogP contribution < -0.4 is 0 Å². The Labute approximate surface area is 74.4 Å². The smallest absolute Gasteiger partial charge is 0.390 e. The van der Waals surface area contributed by atoms with Crippen LogP contribution in [0.25, 0.3) is 0 Å². The maximum atomic E-state index is 10.1. The second kappa shape index (κ2) is 3.14. The molecule has 0 radical (unpaired) electrons. The number of hydrogen-bond donors (Lipinski definition) is 0. The first kappa shape index (κ1) is 8.41. The summed E-state index contributed by atoms with van der Waals surface area (Å²) in [5.74, 6) is -0.461. The number of alkyl halides is 1. The van der Waals surface area contributed by atoms with Crippen LogP contribution in [0.4, 0.5) is 5.95 Å². The van der Waals surface area contributed by atoms with E-state index >= 15 is 0 Å². The molecule has 0 amide bonds. The van der Waals surface area contributed by atoms with Crippen molar-refractivity contribution in [2.24, 2.45) is 0 Å². The molecule has 0 fully saturated rings. The Hall–Kier alpha value is -0.690. The largest absolute Gasteiger partial charge is 0.492 e. The lowest BCUT2D eigenvalue weighted by Gasteiger charge is -1.84. The van der Waals surface area contributed by atoms with E-state index in [0.717, 1.165) is 0 Å². The molecular weight excluding hydrogens is 239 g/mol. The van der Waals surface area contributed by atoms with Gasteiger partial charge in [0.1, 0.15) is 6.00 Å². The summed E-state index contributed by atoms with van der Waals surface area (Å²) in [4.78, 5) is 12.9. The number of hydrogen-bond acceptors (Lipinski definition) is 4. The van der Waals surface area contributed by atoms with E-state index in [1.165, 1.54) is 4.68 Å². The highest BCUT2D eigenvalue weighted by Gasteiger charge is 2.17. The van der Waals surface area contributed by atoms with Gasteiger partial charge in [-0.15, -0.1) is 4.68 Å². The maximum Gasteiger partial charge on any atom is 0.492 e. The van der Waals surface area contributed by atoms with Crippen molar-refractivity contribution in [2.45, 2.75) is 6.00 Å². The first-order valence-corrected chi connectivity index (χ1v) is 3.78. The van der Waals surface area contributed by atoms with Gasteiger partial charge in [-0.1, -0.05) is 11.6 Å². The van der Waals surface area contributed by atoms with Gasteiger partial charge in [0, 0.05) is 21.0 Å². The minimum atomic E-state index is -0.687. The fourth-order valence-corrected chi connectivity index (χ4v) is 1.14. The summed E-state index contributed by atoms with van der Waals surface area (Å²) < 4.78 is 1.42.